The number of halogens is 3. The lowest BCUT2D eigenvalue weighted by molar-refractivity contribution is 0.628. The van der Waals surface area contributed by atoms with Crippen molar-refractivity contribution in [1.82, 2.24) is 9.55 Å². The van der Waals surface area contributed by atoms with Gasteiger partial charge in [-0.15, -0.1) is 0 Å². The maximum Gasteiger partial charge on any atom is 0.178 e. The smallest absolute Gasteiger partial charge is 0.178 e. The Bertz CT molecular complexity index is 868. The number of nitrogens with one attached hydrogen (secondary N) is 1. The van der Waals surface area contributed by atoms with Gasteiger partial charge in [0, 0.05) is 11.1 Å². The maximum absolute atomic E-state index is 13.5. The van der Waals surface area contributed by atoms with Crippen molar-refractivity contribution in [3.05, 3.63) is 62.6 Å². The third-order valence-corrected chi connectivity index (χ3v) is 4.34. The summed E-state index contributed by atoms with van der Waals surface area (Å²) in [6.45, 7) is 2.02. The minimum Gasteiger partial charge on any atom is -0.330 e. The van der Waals surface area contributed by atoms with Gasteiger partial charge in [-0.2, -0.15) is 0 Å². The number of benzene rings is 2. The number of aromatic amines is 1. The van der Waals surface area contributed by atoms with Gasteiger partial charge in [0.2, 0.25) is 0 Å². The molecule has 0 radical (unpaired) electrons. The number of nitrogens with zero attached hydrogens (tertiary/aromatic N) is 1. The maximum atomic E-state index is 13.5. The lowest BCUT2D eigenvalue weighted by Gasteiger charge is -2.15. The molecule has 6 heteroatoms. The van der Waals surface area contributed by atoms with Crippen LogP contribution in [0, 0.1) is 10.6 Å². The van der Waals surface area contributed by atoms with E-state index >= 15 is 0 Å². The molecular formula is C15H11Cl2FN2S. The van der Waals surface area contributed by atoms with Gasteiger partial charge in [0.05, 0.1) is 22.1 Å². The van der Waals surface area contributed by atoms with Crippen LogP contribution in [0.2, 0.25) is 10.0 Å². The van der Waals surface area contributed by atoms with Crippen LogP contribution in [0.4, 0.5) is 4.39 Å². The summed E-state index contributed by atoms with van der Waals surface area (Å²) in [5, 5.41) is 0.757. The normalized spacial score (nSPS) is 12.8. The van der Waals surface area contributed by atoms with E-state index < -0.39 is 5.82 Å². The summed E-state index contributed by atoms with van der Waals surface area (Å²) in [7, 11) is 0. The Balaban J connectivity index is 2.19. The van der Waals surface area contributed by atoms with Crippen LogP contribution in [-0.4, -0.2) is 9.55 Å². The molecule has 21 heavy (non-hydrogen) atoms. The van der Waals surface area contributed by atoms with Crippen molar-refractivity contribution in [3.8, 4) is 0 Å². The van der Waals surface area contributed by atoms with E-state index in [2.05, 4.69) is 4.98 Å². The highest BCUT2D eigenvalue weighted by Crippen LogP contribution is 2.28. The van der Waals surface area contributed by atoms with Crippen molar-refractivity contribution in [2.75, 3.05) is 0 Å². The van der Waals surface area contributed by atoms with Crippen molar-refractivity contribution in [1.29, 1.82) is 0 Å². The molecule has 1 N–H and O–H groups in total. The molecule has 1 unspecified atom stereocenters. The van der Waals surface area contributed by atoms with Crippen LogP contribution in [0.1, 0.15) is 18.5 Å². The Hall–Kier alpha value is -1.36. The number of imidazole rings is 1. The Labute approximate surface area is 136 Å². The fourth-order valence-electron chi connectivity index (χ4n) is 2.40. The second kappa shape index (κ2) is 5.44. The molecule has 0 bridgehead atoms. The summed E-state index contributed by atoms with van der Waals surface area (Å²) in [5.74, 6) is -0.466. The fraction of sp³-hybridized carbons (Fsp3) is 0.133. The average Bonchev–Trinajstić information content (AvgIpc) is 2.75. The number of rotatable bonds is 2. The quantitative estimate of drug-likeness (QED) is 0.588. The number of H-pyrrole nitrogens is 1. The van der Waals surface area contributed by atoms with E-state index in [1.165, 1.54) is 6.07 Å². The molecule has 0 saturated heterocycles. The van der Waals surface area contributed by atoms with Gasteiger partial charge >= 0.3 is 0 Å². The van der Waals surface area contributed by atoms with Gasteiger partial charge < -0.3 is 9.55 Å². The largest absolute Gasteiger partial charge is 0.330 e. The van der Waals surface area contributed by atoms with Gasteiger partial charge in [-0.05, 0) is 42.9 Å². The highest BCUT2D eigenvalue weighted by atomic mass is 35.5. The predicted molar refractivity (Wildman–Crippen MR) is 87.4 cm³/mol. The minimum absolute atomic E-state index is 0.0231. The van der Waals surface area contributed by atoms with Crippen LogP contribution in [0.5, 0.6) is 0 Å². The van der Waals surface area contributed by atoms with Crippen LogP contribution < -0.4 is 0 Å². The molecule has 108 valence electrons. The van der Waals surface area contributed by atoms with Crippen LogP contribution >= 0.6 is 35.4 Å². The Morgan fingerprint density at radius 2 is 1.86 bits per heavy atom. The van der Waals surface area contributed by atoms with Crippen molar-refractivity contribution in [3.63, 3.8) is 0 Å². The van der Waals surface area contributed by atoms with Crippen molar-refractivity contribution >= 4 is 46.5 Å². The average molecular weight is 341 g/mol. The van der Waals surface area contributed by atoms with Gasteiger partial charge in [0.25, 0.3) is 0 Å². The first-order valence-corrected chi connectivity index (χ1v) is 7.48. The highest BCUT2D eigenvalue weighted by molar-refractivity contribution is 7.71. The van der Waals surface area contributed by atoms with E-state index in [1.807, 2.05) is 35.8 Å². The van der Waals surface area contributed by atoms with E-state index in [0.29, 0.717) is 15.3 Å². The highest BCUT2D eigenvalue weighted by Gasteiger charge is 2.15. The lowest BCUT2D eigenvalue weighted by Crippen LogP contribution is -2.06. The topological polar surface area (TPSA) is 20.7 Å². The van der Waals surface area contributed by atoms with Gasteiger partial charge in [-0.1, -0.05) is 35.3 Å². The van der Waals surface area contributed by atoms with Gasteiger partial charge in [-0.3, -0.25) is 0 Å². The SMILES string of the molecule is CC(c1ccc(Cl)cc1)n1c(=S)[nH]c2cc(F)c(Cl)cc21. The molecule has 0 fully saturated rings. The molecule has 1 aromatic heterocycles. The zero-order valence-corrected chi connectivity index (χ0v) is 13.4. The molecule has 3 rings (SSSR count). The Morgan fingerprint density at radius 3 is 2.52 bits per heavy atom. The number of hydrogen-bond acceptors (Lipinski definition) is 1. The summed E-state index contributed by atoms with van der Waals surface area (Å²) in [4.78, 5) is 3.01. The first kappa shape index (κ1) is 14.6. The van der Waals surface area contributed by atoms with Crippen molar-refractivity contribution in [2.24, 2.45) is 0 Å². The van der Waals surface area contributed by atoms with Crippen LogP contribution in [0.25, 0.3) is 11.0 Å². The van der Waals surface area contributed by atoms with Crippen LogP contribution in [-0.2, 0) is 0 Å². The molecule has 0 aliphatic heterocycles. The molecule has 1 heterocycles. The predicted octanol–water partition coefficient (Wildman–Crippen LogP) is 5.75. The molecule has 0 saturated carbocycles. The van der Waals surface area contributed by atoms with Gasteiger partial charge in [-0.25, -0.2) is 4.39 Å². The molecule has 1 atom stereocenters. The van der Waals surface area contributed by atoms with Crippen LogP contribution in [0.15, 0.2) is 36.4 Å². The molecule has 2 nitrogen and oxygen atoms in total. The first-order valence-electron chi connectivity index (χ1n) is 6.32. The molecule has 0 aliphatic rings. The summed E-state index contributed by atoms with van der Waals surface area (Å²) in [5.41, 5.74) is 2.45. The van der Waals surface area contributed by atoms with Gasteiger partial charge in [0.15, 0.2) is 4.77 Å². The van der Waals surface area contributed by atoms with E-state index in [4.69, 9.17) is 35.4 Å². The number of fused-ring (bicyclic) bond motifs is 1. The molecular weight excluding hydrogens is 330 g/mol. The number of hydrogen-bond donors (Lipinski definition) is 1. The first-order chi connectivity index (χ1) is 9.97. The summed E-state index contributed by atoms with van der Waals surface area (Å²) < 4.78 is 16.0. The van der Waals surface area contributed by atoms with Crippen molar-refractivity contribution < 1.29 is 4.39 Å². The second-order valence-electron chi connectivity index (χ2n) is 4.81. The summed E-state index contributed by atoms with van der Waals surface area (Å²) in [6.07, 6.45) is 0. The zero-order valence-electron chi connectivity index (χ0n) is 11.0. The molecule has 2 aromatic carbocycles. The van der Waals surface area contributed by atoms with E-state index in [1.54, 1.807) is 6.07 Å². The van der Waals surface area contributed by atoms with E-state index in [9.17, 15) is 4.39 Å². The zero-order chi connectivity index (χ0) is 15.1. The Kier molecular flexibility index (Phi) is 3.78. The summed E-state index contributed by atoms with van der Waals surface area (Å²) >= 11 is 17.2. The summed E-state index contributed by atoms with van der Waals surface area (Å²) in [6, 6.07) is 10.5. The van der Waals surface area contributed by atoms with E-state index in [-0.39, 0.29) is 11.1 Å². The second-order valence-corrected chi connectivity index (χ2v) is 6.04. The lowest BCUT2D eigenvalue weighted by atomic mass is 10.1. The molecule has 3 aromatic rings. The van der Waals surface area contributed by atoms with E-state index in [0.717, 1.165) is 11.1 Å². The molecule has 0 amide bonds. The van der Waals surface area contributed by atoms with Gasteiger partial charge in [0.1, 0.15) is 5.82 Å². The monoisotopic (exact) mass is 340 g/mol. The Morgan fingerprint density at radius 1 is 1.19 bits per heavy atom. The number of aromatic nitrogens is 2. The third-order valence-electron chi connectivity index (χ3n) is 3.50. The standard InChI is InChI=1S/C15H11Cl2FN2S/c1-8(9-2-4-10(16)5-3-9)20-14-6-11(17)12(18)7-13(14)19-15(20)21/h2-8H,1H3,(H,19,21). The minimum atomic E-state index is -0.466. The van der Waals surface area contributed by atoms with Crippen molar-refractivity contribution in [2.45, 2.75) is 13.0 Å². The fourth-order valence-corrected chi connectivity index (χ4v) is 3.05. The third kappa shape index (κ3) is 2.59. The van der Waals surface area contributed by atoms with Crippen LogP contribution in [0.3, 0.4) is 0 Å². The molecule has 0 spiro atoms. The molecule has 0 aliphatic carbocycles.